The lowest BCUT2D eigenvalue weighted by molar-refractivity contribution is -0.582. The van der Waals surface area contributed by atoms with Crippen molar-refractivity contribution in [2.45, 2.75) is 32.5 Å². The van der Waals surface area contributed by atoms with E-state index in [0.717, 1.165) is 6.54 Å². The van der Waals surface area contributed by atoms with Crippen LogP contribution >= 0.6 is 0 Å². The van der Waals surface area contributed by atoms with Crippen molar-refractivity contribution in [2.24, 2.45) is 0 Å². The first-order chi connectivity index (χ1) is 12.7. The van der Waals surface area contributed by atoms with Crippen LogP contribution in [0.5, 0.6) is 0 Å². The first-order valence-electron chi connectivity index (χ1n) is 9.31. The number of hydrogen-bond donors (Lipinski definition) is 0. The summed E-state index contributed by atoms with van der Waals surface area (Å²) < 4.78 is 2.44. The molecule has 2 nitrogen and oxygen atoms in total. The van der Waals surface area contributed by atoms with Crippen LogP contribution in [-0.2, 0) is 6.54 Å². The standard InChI is InChI=1S/C24H25N2/c1-19(21-11-5-3-6-12-21)25-17-23-15-9-10-16-24(23)26(18-25)20(2)22-13-7-4-8-14-22/h3-16,18-20H,17H2,1-2H3/q+1/t19-,20-/m0/s1. The van der Waals surface area contributed by atoms with E-state index in [-0.39, 0.29) is 6.04 Å². The normalized spacial score (nSPS) is 15.8. The zero-order valence-corrected chi connectivity index (χ0v) is 15.4. The molecule has 0 fully saturated rings. The van der Waals surface area contributed by atoms with Gasteiger partial charge in [-0.15, -0.1) is 0 Å². The van der Waals surface area contributed by atoms with E-state index in [1.807, 2.05) is 0 Å². The number of anilines is 1. The molecule has 26 heavy (non-hydrogen) atoms. The van der Waals surface area contributed by atoms with Crippen molar-refractivity contribution in [1.82, 2.24) is 0 Å². The van der Waals surface area contributed by atoms with E-state index in [0.29, 0.717) is 6.04 Å². The van der Waals surface area contributed by atoms with Crippen LogP contribution in [0.25, 0.3) is 0 Å². The van der Waals surface area contributed by atoms with E-state index >= 15 is 0 Å². The maximum Gasteiger partial charge on any atom is 0.240 e. The zero-order chi connectivity index (χ0) is 17.9. The number of rotatable bonds is 4. The monoisotopic (exact) mass is 341 g/mol. The first kappa shape index (κ1) is 16.6. The van der Waals surface area contributed by atoms with E-state index < -0.39 is 0 Å². The van der Waals surface area contributed by atoms with Crippen LogP contribution in [0.3, 0.4) is 0 Å². The number of nitrogens with zero attached hydrogens (tertiary/aromatic N) is 2. The molecule has 0 N–H and O–H groups in total. The second-order valence-corrected chi connectivity index (χ2v) is 7.00. The molecule has 1 aliphatic heterocycles. The van der Waals surface area contributed by atoms with E-state index in [1.54, 1.807) is 0 Å². The summed E-state index contributed by atoms with van der Waals surface area (Å²) in [6.07, 6.45) is 2.30. The average Bonchev–Trinajstić information content (AvgIpc) is 2.73. The molecule has 0 bridgehead atoms. The molecule has 0 saturated heterocycles. The fraction of sp³-hybridized carbons (Fsp3) is 0.208. The average molecular weight is 341 g/mol. The van der Waals surface area contributed by atoms with E-state index in [2.05, 4.69) is 115 Å². The van der Waals surface area contributed by atoms with Gasteiger partial charge in [0.2, 0.25) is 6.34 Å². The third-order valence-electron chi connectivity index (χ3n) is 5.37. The van der Waals surface area contributed by atoms with Crippen molar-refractivity contribution >= 4 is 12.0 Å². The third kappa shape index (κ3) is 3.15. The minimum atomic E-state index is 0.281. The lowest BCUT2D eigenvalue weighted by Gasteiger charge is -2.29. The molecule has 2 heteroatoms. The molecule has 0 radical (unpaired) electrons. The minimum absolute atomic E-state index is 0.281. The van der Waals surface area contributed by atoms with Crippen LogP contribution in [0.2, 0.25) is 0 Å². The fourth-order valence-corrected chi connectivity index (χ4v) is 3.72. The van der Waals surface area contributed by atoms with Gasteiger partial charge in [0.05, 0.1) is 0 Å². The summed E-state index contributed by atoms with van der Waals surface area (Å²) in [4.78, 5) is 2.41. The molecule has 3 aromatic carbocycles. The topological polar surface area (TPSA) is 6.25 Å². The van der Waals surface area contributed by atoms with Crippen LogP contribution < -0.4 is 4.90 Å². The van der Waals surface area contributed by atoms with Gasteiger partial charge in [-0.05, 0) is 31.0 Å². The number of para-hydroxylation sites is 1. The number of fused-ring (bicyclic) bond motifs is 1. The molecule has 0 saturated carbocycles. The van der Waals surface area contributed by atoms with Gasteiger partial charge < -0.3 is 0 Å². The van der Waals surface area contributed by atoms with E-state index in [4.69, 9.17) is 0 Å². The summed E-state index contributed by atoms with van der Waals surface area (Å²) in [5.41, 5.74) is 5.35. The summed E-state index contributed by atoms with van der Waals surface area (Å²) in [6.45, 7) is 5.49. The summed E-state index contributed by atoms with van der Waals surface area (Å²) in [5.74, 6) is 0. The smallest absolute Gasteiger partial charge is 0.240 e. The van der Waals surface area contributed by atoms with Crippen molar-refractivity contribution in [2.75, 3.05) is 4.90 Å². The summed E-state index contributed by atoms with van der Waals surface area (Å²) in [6, 6.07) is 30.8. The molecule has 3 aromatic rings. The SMILES string of the molecule is C[C@@H](c1ccccc1)N1C=[N+]([C@@H](C)c2ccccc2)Cc2ccccc21. The predicted octanol–water partition coefficient (Wildman–Crippen LogP) is 5.57. The third-order valence-corrected chi connectivity index (χ3v) is 5.37. The van der Waals surface area contributed by atoms with Gasteiger partial charge in [-0.1, -0.05) is 78.9 Å². The minimum Gasteiger partial charge on any atom is -0.257 e. The maximum absolute atomic E-state index is 2.44. The highest BCUT2D eigenvalue weighted by Gasteiger charge is 2.30. The van der Waals surface area contributed by atoms with Gasteiger partial charge in [0, 0.05) is 5.56 Å². The second-order valence-electron chi connectivity index (χ2n) is 7.00. The Balaban J connectivity index is 1.74. The highest BCUT2D eigenvalue weighted by atomic mass is 15.3. The van der Waals surface area contributed by atoms with Crippen molar-refractivity contribution in [3.8, 4) is 0 Å². The van der Waals surface area contributed by atoms with Gasteiger partial charge in [0.15, 0.2) is 0 Å². The van der Waals surface area contributed by atoms with Crippen LogP contribution in [0.4, 0.5) is 5.69 Å². The zero-order valence-electron chi connectivity index (χ0n) is 15.4. The van der Waals surface area contributed by atoms with Crippen molar-refractivity contribution < 1.29 is 4.58 Å². The summed E-state index contributed by atoms with van der Waals surface area (Å²) in [7, 11) is 0. The molecule has 130 valence electrons. The molecule has 0 unspecified atom stereocenters. The molecule has 4 rings (SSSR count). The van der Waals surface area contributed by atoms with Gasteiger partial charge in [-0.3, -0.25) is 4.58 Å². The Morgan fingerprint density at radius 1 is 0.731 bits per heavy atom. The van der Waals surface area contributed by atoms with Gasteiger partial charge in [-0.2, -0.15) is 0 Å². The Labute approximate surface area is 156 Å². The molecule has 0 aliphatic carbocycles. The lowest BCUT2D eigenvalue weighted by atomic mass is 10.0. The Morgan fingerprint density at radius 3 is 2.00 bits per heavy atom. The van der Waals surface area contributed by atoms with Crippen LogP contribution in [0.15, 0.2) is 84.9 Å². The molecular formula is C24H25N2+. The maximum atomic E-state index is 2.44. The molecule has 0 aromatic heterocycles. The molecular weight excluding hydrogens is 316 g/mol. The first-order valence-corrected chi connectivity index (χ1v) is 9.31. The highest BCUT2D eigenvalue weighted by Crippen LogP contribution is 2.33. The van der Waals surface area contributed by atoms with Crippen molar-refractivity contribution in [1.29, 1.82) is 0 Å². The van der Waals surface area contributed by atoms with E-state index in [9.17, 15) is 0 Å². The molecule has 1 aliphatic rings. The van der Waals surface area contributed by atoms with Crippen molar-refractivity contribution in [3.05, 3.63) is 102 Å². The van der Waals surface area contributed by atoms with Crippen LogP contribution in [-0.4, -0.2) is 10.9 Å². The van der Waals surface area contributed by atoms with Gasteiger partial charge in [-0.25, -0.2) is 4.90 Å². The van der Waals surface area contributed by atoms with Gasteiger partial charge >= 0.3 is 0 Å². The van der Waals surface area contributed by atoms with Crippen molar-refractivity contribution in [3.63, 3.8) is 0 Å². The Kier molecular flexibility index (Phi) is 4.57. The summed E-state index contributed by atoms with van der Waals surface area (Å²) in [5, 5.41) is 0. The van der Waals surface area contributed by atoms with Gasteiger partial charge in [0.1, 0.15) is 24.3 Å². The molecule has 0 spiro atoms. The highest BCUT2D eigenvalue weighted by molar-refractivity contribution is 5.80. The Bertz CT molecular complexity index is 900. The molecule has 2 atom stereocenters. The number of benzene rings is 3. The van der Waals surface area contributed by atoms with Crippen LogP contribution in [0.1, 0.15) is 42.6 Å². The largest absolute Gasteiger partial charge is 0.257 e. The Morgan fingerprint density at radius 2 is 1.31 bits per heavy atom. The molecule has 1 heterocycles. The Hall–Kier alpha value is -2.87. The fourth-order valence-electron chi connectivity index (χ4n) is 3.72. The van der Waals surface area contributed by atoms with Gasteiger partial charge in [0.25, 0.3) is 0 Å². The quantitative estimate of drug-likeness (QED) is 0.562. The number of hydrogen-bond acceptors (Lipinski definition) is 1. The van der Waals surface area contributed by atoms with Crippen LogP contribution in [0, 0.1) is 0 Å². The lowest BCUT2D eigenvalue weighted by Crippen LogP contribution is -2.36. The summed E-state index contributed by atoms with van der Waals surface area (Å²) >= 11 is 0. The predicted molar refractivity (Wildman–Crippen MR) is 109 cm³/mol. The second kappa shape index (κ2) is 7.17. The molecule has 0 amide bonds. The van der Waals surface area contributed by atoms with E-state index in [1.165, 1.54) is 22.4 Å².